The molecule has 19 heavy (non-hydrogen) atoms. The van der Waals surface area contributed by atoms with E-state index in [1.807, 2.05) is 0 Å². The van der Waals surface area contributed by atoms with E-state index in [9.17, 15) is 20.0 Å². The van der Waals surface area contributed by atoms with Gasteiger partial charge in [0.1, 0.15) is 0 Å². The summed E-state index contributed by atoms with van der Waals surface area (Å²) in [4.78, 5) is 20.6. The van der Waals surface area contributed by atoms with Gasteiger partial charge in [0.05, 0.1) is 27.2 Å². The minimum absolute atomic E-state index is 0.0413. The number of carboxylic acids is 1. The van der Waals surface area contributed by atoms with Gasteiger partial charge in [0.25, 0.3) is 5.69 Å². The zero-order valence-corrected chi connectivity index (χ0v) is 11.2. The van der Waals surface area contributed by atoms with Crippen molar-refractivity contribution in [3.8, 4) is 0 Å². The van der Waals surface area contributed by atoms with Crippen LogP contribution < -0.4 is 5.32 Å². The van der Waals surface area contributed by atoms with Crippen LogP contribution in [0.4, 0.5) is 11.4 Å². The lowest BCUT2D eigenvalue weighted by Gasteiger charge is -2.20. The monoisotopic (exact) mass is 308 g/mol. The number of nitrogens with one attached hydrogen (secondary N) is 1. The molecule has 0 heterocycles. The Kier molecular flexibility index (Phi) is 4.56. The molecular formula is C10H10Cl2N2O5. The van der Waals surface area contributed by atoms with Gasteiger partial charge in [0.2, 0.25) is 0 Å². The highest BCUT2D eigenvalue weighted by Crippen LogP contribution is 2.34. The lowest BCUT2D eigenvalue weighted by atomic mass is 10.1. The summed E-state index contributed by atoms with van der Waals surface area (Å²) >= 11 is 11.6. The first-order valence-electron chi connectivity index (χ1n) is 4.98. The highest BCUT2D eigenvalue weighted by Gasteiger charge is 2.30. The maximum absolute atomic E-state index is 10.7. The molecule has 3 N–H and O–H groups in total. The molecule has 1 rings (SSSR count). The number of nitrogens with zero attached hydrogens (tertiary/aromatic N) is 1. The third-order valence-electron chi connectivity index (χ3n) is 2.31. The third kappa shape index (κ3) is 3.69. The van der Waals surface area contributed by atoms with E-state index < -0.39 is 16.5 Å². The van der Waals surface area contributed by atoms with Crippen LogP contribution in [0.5, 0.6) is 0 Å². The van der Waals surface area contributed by atoms with Gasteiger partial charge in [-0.1, -0.05) is 23.2 Å². The van der Waals surface area contributed by atoms with Crippen LogP contribution in [0.3, 0.4) is 0 Å². The largest absolute Gasteiger partial charge is 0.479 e. The number of nitro benzene ring substituents is 1. The standard InChI is InChI=1S/C10H10Cl2N2O5/c1-10(17,9(15)16)4-13-8-6(11)2-5(14(18)19)3-7(8)12/h2-3,13,17H,4H2,1H3,(H,15,16). The molecule has 0 fully saturated rings. The van der Waals surface area contributed by atoms with Crippen LogP contribution in [-0.2, 0) is 4.79 Å². The van der Waals surface area contributed by atoms with Crippen molar-refractivity contribution in [2.75, 3.05) is 11.9 Å². The van der Waals surface area contributed by atoms with Crippen LogP contribution in [0.25, 0.3) is 0 Å². The van der Waals surface area contributed by atoms with Crippen LogP contribution in [0.2, 0.25) is 10.0 Å². The van der Waals surface area contributed by atoms with E-state index in [0.29, 0.717) is 0 Å². The molecule has 0 saturated heterocycles. The first-order valence-corrected chi connectivity index (χ1v) is 5.74. The molecule has 0 radical (unpaired) electrons. The Morgan fingerprint density at radius 3 is 2.32 bits per heavy atom. The molecule has 9 heteroatoms. The SMILES string of the molecule is CC(O)(CNc1c(Cl)cc([N+](=O)[O-])cc1Cl)C(=O)O. The number of carbonyl (C=O) groups is 1. The molecule has 1 aromatic carbocycles. The molecule has 0 aliphatic rings. The van der Waals surface area contributed by atoms with Crippen molar-refractivity contribution in [1.29, 1.82) is 0 Å². The Hall–Kier alpha value is -1.57. The Morgan fingerprint density at radius 1 is 1.47 bits per heavy atom. The maximum atomic E-state index is 10.7. The lowest BCUT2D eigenvalue weighted by molar-refractivity contribution is -0.384. The molecule has 0 aromatic heterocycles. The highest BCUT2D eigenvalue weighted by molar-refractivity contribution is 6.39. The van der Waals surface area contributed by atoms with E-state index in [1.165, 1.54) is 0 Å². The second-order valence-corrected chi connectivity index (χ2v) is 4.79. The summed E-state index contributed by atoms with van der Waals surface area (Å²) in [6.45, 7) is 0.731. The van der Waals surface area contributed by atoms with E-state index in [-0.39, 0.29) is 28.0 Å². The Labute approximate surface area is 117 Å². The molecule has 0 bridgehead atoms. The van der Waals surface area contributed by atoms with Crippen molar-refractivity contribution in [1.82, 2.24) is 0 Å². The number of hydrogen-bond acceptors (Lipinski definition) is 5. The molecule has 104 valence electrons. The van der Waals surface area contributed by atoms with Crippen LogP contribution in [0.15, 0.2) is 12.1 Å². The summed E-state index contributed by atoms with van der Waals surface area (Å²) in [5.41, 5.74) is -2.19. The van der Waals surface area contributed by atoms with E-state index >= 15 is 0 Å². The minimum atomic E-state index is -2.02. The van der Waals surface area contributed by atoms with Gasteiger partial charge in [-0.05, 0) is 6.92 Å². The van der Waals surface area contributed by atoms with Crippen LogP contribution >= 0.6 is 23.2 Å². The number of nitro groups is 1. The zero-order valence-electron chi connectivity index (χ0n) is 9.68. The fourth-order valence-electron chi connectivity index (χ4n) is 1.17. The first-order chi connectivity index (χ1) is 8.65. The number of aliphatic carboxylic acids is 1. The van der Waals surface area contributed by atoms with E-state index in [4.69, 9.17) is 28.3 Å². The van der Waals surface area contributed by atoms with Crippen LogP contribution in [-0.4, -0.2) is 33.3 Å². The van der Waals surface area contributed by atoms with Gasteiger partial charge in [-0.15, -0.1) is 0 Å². The molecule has 0 aliphatic heterocycles. The predicted octanol–water partition coefficient (Wildman–Crippen LogP) is 2.15. The van der Waals surface area contributed by atoms with Crippen LogP contribution in [0, 0.1) is 10.1 Å². The number of halogens is 2. The molecular weight excluding hydrogens is 299 g/mol. The average Bonchev–Trinajstić information content (AvgIpc) is 2.27. The van der Waals surface area contributed by atoms with Crippen LogP contribution in [0.1, 0.15) is 6.92 Å². The molecule has 1 atom stereocenters. The van der Waals surface area contributed by atoms with Crippen molar-refractivity contribution in [3.05, 3.63) is 32.3 Å². The lowest BCUT2D eigenvalue weighted by Crippen LogP contribution is -2.41. The van der Waals surface area contributed by atoms with Gasteiger partial charge >= 0.3 is 5.97 Å². The van der Waals surface area contributed by atoms with Gasteiger partial charge in [0, 0.05) is 12.1 Å². The van der Waals surface area contributed by atoms with Gasteiger partial charge < -0.3 is 15.5 Å². The van der Waals surface area contributed by atoms with E-state index in [1.54, 1.807) is 0 Å². The maximum Gasteiger partial charge on any atom is 0.337 e. The van der Waals surface area contributed by atoms with Gasteiger partial charge in [-0.25, -0.2) is 4.79 Å². The summed E-state index contributed by atoms with van der Waals surface area (Å²) < 4.78 is 0. The van der Waals surface area contributed by atoms with E-state index in [2.05, 4.69) is 5.32 Å². The molecule has 0 aliphatic carbocycles. The fraction of sp³-hybridized carbons (Fsp3) is 0.300. The molecule has 0 amide bonds. The average molecular weight is 309 g/mol. The van der Waals surface area contributed by atoms with Crippen molar-refractivity contribution < 1.29 is 19.9 Å². The molecule has 1 unspecified atom stereocenters. The summed E-state index contributed by atoms with van der Waals surface area (Å²) in [5.74, 6) is -1.42. The van der Waals surface area contributed by atoms with Gasteiger partial charge in [0.15, 0.2) is 5.60 Å². The predicted molar refractivity (Wildman–Crippen MR) is 69.9 cm³/mol. The van der Waals surface area contributed by atoms with Crippen molar-refractivity contribution >= 4 is 40.5 Å². The summed E-state index contributed by atoms with van der Waals surface area (Å²) in [7, 11) is 0. The summed E-state index contributed by atoms with van der Waals surface area (Å²) in [5, 5.41) is 31.3. The summed E-state index contributed by atoms with van der Waals surface area (Å²) in [6.07, 6.45) is 0. The van der Waals surface area contributed by atoms with Crippen molar-refractivity contribution in [3.63, 3.8) is 0 Å². The fourth-order valence-corrected chi connectivity index (χ4v) is 1.78. The second-order valence-electron chi connectivity index (χ2n) is 3.97. The number of benzene rings is 1. The minimum Gasteiger partial charge on any atom is -0.479 e. The molecule has 0 saturated carbocycles. The molecule has 7 nitrogen and oxygen atoms in total. The first kappa shape index (κ1) is 15.5. The Balaban J connectivity index is 2.97. The Bertz CT molecular complexity index is 510. The Morgan fingerprint density at radius 2 is 1.95 bits per heavy atom. The zero-order chi connectivity index (χ0) is 14.8. The smallest absolute Gasteiger partial charge is 0.337 e. The number of anilines is 1. The number of hydrogen-bond donors (Lipinski definition) is 3. The number of carboxylic acid groups (broad SMARTS) is 1. The normalized spacial score (nSPS) is 13.7. The molecule has 1 aromatic rings. The van der Waals surface area contributed by atoms with Crippen molar-refractivity contribution in [2.24, 2.45) is 0 Å². The van der Waals surface area contributed by atoms with E-state index in [0.717, 1.165) is 19.1 Å². The topological polar surface area (TPSA) is 113 Å². The second kappa shape index (κ2) is 5.60. The number of aliphatic hydroxyl groups is 1. The van der Waals surface area contributed by atoms with Gasteiger partial charge in [-0.2, -0.15) is 0 Å². The third-order valence-corrected chi connectivity index (χ3v) is 2.90. The quantitative estimate of drug-likeness (QED) is 0.567. The van der Waals surface area contributed by atoms with Crippen molar-refractivity contribution in [2.45, 2.75) is 12.5 Å². The van der Waals surface area contributed by atoms with Gasteiger partial charge in [-0.3, -0.25) is 10.1 Å². The number of rotatable bonds is 5. The highest BCUT2D eigenvalue weighted by atomic mass is 35.5. The summed E-state index contributed by atoms with van der Waals surface area (Å²) in [6, 6.07) is 2.15. The number of non-ortho nitro benzene ring substituents is 1. The molecule has 0 spiro atoms.